The Morgan fingerprint density at radius 2 is 2.10 bits per heavy atom. The summed E-state index contributed by atoms with van der Waals surface area (Å²) in [7, 11) is -2.33. The van der Waals surface area contributed by atoms with E-state index >= 15 is 0 Å². The monoisotopic (exact) mass is 365 g/mol. The summed E-state index contributed by atoms with van der Waals surface area (Å²) < 4.78 is 32.1. The van der Waals surface area contributed by atoms with Crippen molar-refractivity contribution in [1.82, 2.24) is 4.72 Å². The van der Waals surface area contributed by atoms with Crippen molar-refractivity contribution in [1.29, 1.82) is 0 Å². The van der Waals surface area contributed by atoms with Crippen LogP contribution in [0.5, 0.6) is 0 Å². The molecule has 0 saturated carbocycles. The highest BCUT2D eigenvalue weighted by atomic mass is 79.9. The Kier molecular flexibility index (Phi) is 5.69. The number of hydrogen-bond donors (Lipinski definition) is 2. The first kappa shape index (κ1) is 17.1. The Hall–Kier alpha value is -0.960. The van der Waals surface area contributed by atoms with E-state index in [1.807, 2.05) is 0 Å². The summed E-state index contributed by atoms with van der Waals surface area (Å²) >= 11 is 3.17. The lowest BCUT2D eigenvalue weighted by Crippen LogP contribution is -2.35. The molecule has 0 aliphatic carbocycles. The molecule has 0 radical (unpaired) electrons. The average molecular weight is 366 g/mol. The van der Waals surface area contributed by atoms with Gasteiger partial charge in [-0.15, -0.1) is 0 Å². The van der Waals surface area contributed by atoms with Crippen LogP contribution < -0.4 is 4.72 Å². The van der Waals surface area contributed by atoms with Gasteiger partial charge in [-0.25, -0.2) is 17.9 Å². The smallest absolute Gasteiger partial charge is 0.336 e. The molecule has 0 heterocycles. The Labute approximate surface area is 126 Å². The van der Waals surface area contributed by atoms with Crippen LogP contribution in [0.3, 0.4) is 0 Å². The van der Waals surface area contributed by atoms with Crippen molar-refractivity contribution in [3.63, 3.8) is 0 Å². The van der Waals surface area contributed by atoms with E-state index in [1.165, 1.54) is 13.2 Å². The summed E-state index contributed by atoms with van der Waals surface area (Å²) in [6, 6.07) is 2.10. The van der Waals surface area contributed by atoms with Gasteiger partial charge in [0.25, 0.3) is 0 Å². The van der Waals surface area contributed by atoms with E-state index in [-0.39, 0.29) is 17.1 Å². The molecule has 0 fully saturated rings. The van der Waals surface area contributed by atoms with Gasteiger partial charge in [-0.1, -0.05) is 15.9 Å². The first-order chi connectivity index (χ1) is 9.19. The molecule has 1 aromatic carbocycles. The van der Waals surface area contributed by atoms with Crippen molar-refractivity contribution in [2.24, 2.45) is 0 Å². The van der Waals surface area contributed by atoms with Crippen molar-refractivity contribution in [3.05, 3.63) is 27.7 Å². The molecule has 0 saturated heterocycles. The van der Waals surface area contributed by atoms with Gasteiger partial charge >= 0.3 is 5.97 Å². The number of ether oxygens (including phenoxy) is 1. The number of methoxy groups -OCH3 is 1. The Morgan fingerprint density at radius 1 is 1.50 bits per heavy atom. The first-order valence-corrected chi connectivity index (χ1v) is 8.01. The summed E-state index contributed by atoms with van der Waals surface area (Å²) in [6.07, 6.45) is 0. The highest BCUT2D eigenvalue weighted by Gasteiger charge is 2.21. The van der Waals surface area contributed by atoms with Gasteiger partial charge in [0.15, 0.2) is 0 Å². The largest absolute Gasteiger partial charge is 0.478 e. The second kappa shape index (κ2) is 6.66. The third kappa shape index (κ3) is 4.02. The number of halogens is 1. The van der Waals surface area contributed by atoms with Crippen molar-refractivity contribution >= 4 is 31.9 Å². The number of carboxylic acid groups (broad SMARTS) is 1. The average Bonchev–Trinajstić information content (AvgIpc) is 2.31. The molecule has 1 atom stereocenters. The fourth-order valence-corrected chi connectivity index (χ4v) is 3.54. The minimum absolute atomic E-state index is 0.0563. The second-order valence-electron chi connectivity index (χ2n) is 4.36. The molecule has 0 bridgehead atoms. The van der Waals surface area contributed by atoms with Gasteiger partial charge in [0.1, 0.15) is 0 Å². The molecule has 8 heteroatoms. The highest BCUT2D eigenvalue weighted by molar-refractivity contribution is 9.10. The van der Waals surface area contributed by atoms with E-state index in [0.29, 0.717) is 10.0 Å². The van der Waals surface area contributed by atoms with Gasteiger partial charge in [-0.3, -0.25) is 0 Å². The normalized spacial score (nSPS) is 13.2. The van der Waals surface area contributed by atoms with Crippen LogP contribution in [-0.2, 0) is 14.8 Å². The van der Waals surface area contributed by atoms with E-state index in [4.69, 9.17) is 9.84 Å². The Balaban J connectivity index is 3.22. The van der Waals surface area contributed by atoms with E-state index in [2.05, 4.69) is 20.7 Å². The number of sulfonamides is 1. The maximum atomic E-state index is 12.2. The van der Waals surface area contributed by atoms with Crippen LogP contribution in [-0.4, -0.2) is 39.3 Å². The van der Waals surface area contributed by atoms with Gasteiger partial charge < -0.3 is 9.84 Å². The van der Waals surface area contributed by atoms with Gasteiger partial charge in [0.05, 0.1) is 17.1 Å². The summed E-state index contributed by atoms with van der Waals surface area (Å²) in [6.45, 7) is 3.48. The molecular formula is C12H16BrNO5S. The number of aromatic carboxylic acids is 1. The summed E-state index contributed by atoms with van der Waals surface area (Å²) in [5, 5.41) is 9.09. The molecule has 0 aliphatic rings. The molecule has 112 valence electrons. The standard InChI is InChI=1S/C12H16BrNO5S/c1-7(6-19-3)14-20(17,18)9-4-10(12(15)16)8(2)11(13)5-9/h4-5,7,14H,6H2,1-3H3,(H,15,16). The summed E-state index contributed by atoms with van der Waals surface area (Å²) in [5.41, 5.74) is 0.417. The van der Waals surface area contributed by atoms with Crippen LogP contribution in [0.15, 0.2) is 21.5 Å². The molecule has 0 amide bonds. The number of nitrogens with one attached hydrogen (secondary N) is 1. The third-order valence-corrected chi connectivity index (χ3v) is 5.02. The lowest BCUT2D eigenvalue weighted by Gasteiger charge is -2.14. The quantitative estimate of drug-likeness (QED) is 0.801. The molecule has 0 aliphatic heterocycles. The van der Waals surface area contributed by atoms with Crippen LogP contribution in [0, 0.1) is 6.92 Å². The molecule has 6 nitrogen and oxygen atoms in total. The predicted octanol–water partition coefficient (Wildman–Crippen LogP) is 1.77. The third-order valence-electron chi connectivity index (χ3n) is 2.63. The lowest BCUT2D eigenvalue weighted by molar-refractivity contribution is 0.0695. The first-order valence-electron chi connectivity index (χ1n) is 5.73. The van der Waals surface area contributed by atoms with Crippen molar-refractivity contribution in [2.75, 3.05) is 13.7 Å². The van der Waals surface area contributed by atoms with Gasteiger partial charge in [-0.2, -0.15) is 0 Å². The Bertz CT molecular complexity index is 615. The van der Waals surface area contributed by atoms with Crippen LogP contribution in [0.2, 0.25) is 0 Å². The Morgan fingerprint density at radius 3 is 2.60 bits per heavy atom. The molecule has 0 aromatic heterocycles. The van der Waals surface area contributed by atoms with E-state index in [0.717, 1.165) is 6.07 Å². The maximum absolute atomic E-state index is 12.2. The number of carboxylic acids is 1. The number of carbonyl (C=O) groups is 1. The number of rotatable bonds is 6. The topological polar surface area (TPSA) is 92.7 Å². The fourth-order valence-electron chi connectivity index (χ4n) is 1.65. The molecule has 20 heavy (non-hydrogen) atoms. The van der Waals surface area contributed by atoms with Crippen LogP contribution in [0.25, 0.3) is 0 Å². The van der Waals surface area contributed by atoms with Crippen molar-refractivity contribution in [3.8, 4) is 0 Å². The zero-order chi connectivity index (χ0) is 15.5. The minimum atomic E-state index is -3.80. The second-order valence-corrected chi connectivity index (χ2v) is 6.93. The lowest BCUT2D eigenvalue weighted by atomic mass is 10.1. The van der Waals surface area contributed by atoms with Gasteiger partial charge in [0.2, 0.25) is 10.0 Å². The summed E-state index contributed by atoms with van der Waals surface area (Å²) in [4.78, 5) is 11.0. The zero-order valence-electron chi connectivity index (χ0n) is 11.3. The van der Waals surface area contributed by atoms with Crippen LogP contribution in [0.1, 0.15) is 22.8 Å². The summed E-state index contributed by atoms with van der Waals surface area (Å²) in [5.74, 6) is -1.18. The van der Waals surface area contributed by atoms with Crippen molar-refractivity contribution in [2.45, 2.75) is 24.8 Å². The van der Waals surface area contributed by atoms with E-state index < -0.39 is 22.0 Å². The maximum Gasteiger partial charge on any atom is 0.336 e. The van der Waals surface area contributed by atoms with Crippen LogP contribution in [0.4, 0.5) is 0 Å². The predicted molar refractivity (Wildman–Crippen MR) is 77.5 cm³/mol. The fraction of sp³-hybridized carbons (Fsp3) is 0.417. The number of hydrogen-bond acceptors (Lipinski definition) is 4. The molecule has 0 spiro atoms. The zero-order valence-corrected chi connectivity index (χ0v) is 13.7. The van der Waals surface area contributed by atoms with Crippen molar-refractivity contribution < 1.29 is 23.1 Å². The van der Waals surface area contributed by atoms with Gasteiger partial charge in [0, 0.05) is 17.6 Å². The van der Waals surface area contributed by atoms with Gasteiger partial charge in [-0.05, 0) is 31.5 Å². The molecular weight excluding hydrogens is 350 g/mol. The highest BCUT2D eigenvalue weighted by Crippen LogP contribution is 2.25. The number of benzene rings is 1. The van der Waals surface area contributed by atoms with E-state index in [9.17, 15) is 13.2 Å². The minimum Gasteiger partial charge on any atom is -0.478 e. The molecule has 2 N–H and O–H groups in total. The SMILES string of the molecule is COCC(C)NS(=O)(=O)c1cc(Br)c(C)c(C(=O)O)c1. The molecule has 1 unspecified atom stereocenters. The van der Waals surface area contributed by atoms with Crippen LogP contribution >= 0.6 is 15.9 Å². The molecule has 1 rings (SSSR count). The molecule has 1 aromatic rings. The van der Waals surface area contributed by atoms with E-state index in [1.54, 1.807) is 13.8 Å².